The molecule has 124 valence electrons. The molecule has 0 radical (unpaired) electrons. The first kappa shape index (κ1) is 18.0. The third-order valence-electron chi connectivity index (χ3n) is 3.43. The Kier molecular flexibility index (Phi) is 5.85. The van der Waals surface area contributed by atoms with Crippen LogP contribution in [0.15, 0.2) is 12.1 Å². The first-order valence-electron chi connectivity index (χ1n) is 6.94. The molecule has 2 aromatic rings. The molecular formula is C16H18INO4S. The maximum Gasteiger partial charge on any atom is 0.358 e. The number of halogens is 1. The number of nitrogens with zero attached hydrogens (tertiary/aromatic N) is 1. The zero-order valence-corrected chi connectivity index (χ0v) is 16.6. The van der Waals surface area contributed by atoms with Crippen LogP contribution >= 0.6 is 34.1 Å². The molecule has 1 aromatic carbocycles. The molecular weight excluding hydrogens is 429 g/mol. The molecule has 2 rings (SSSR count). The van der Waals surface area contributed by atoms with Crippen LogP contribution in [-0.4, -0.2) is 31.7 Å². The van der Waals surface area contributed by atoms with Gasteiger partial charge in [0, 0.05) is 11.6 Å². The number of carbonyl (C=O) groups excluding carboxylic acids is 1. The number of carbonyl (C=O) groups is 1. The second kappa shape index (κ2) is 7.48. The van der Waals surface area contributed by atoms with Crippen LogP contribution in [-0.2, 0) is 4.74 Å². The summed E-state index contributed by atoms with van der Waals surface area (Å²) in [5.41, 5.74) is 2.30. The summed E-state index contributed by atoms with van der Waals surface area (Å²) in [5.74, 6) is 1.33. The zero-order chi connectivity index (χ0) is 17.1. The van der Waals surface area contributed by atoms with E-state index in [0.29, 0.717) is 17.4 Å². The molecule has 0 unspecified atom stereocenters. The van der Waals surface area contributed by atoms with Crippen LogP contribution in [0.4, 0.5) is 0 Å². The molecule has 0 aliphatic rings. The van der Waals surface area contributed by atoms with Crippen molar-refractivity contribution in [3.8, 4) is 21.9 Å². The first-order valence-corrected chi connectivity index (χ1v) is 8.79. The Morgan fingerprint density at radius 2 is 1.83 bits per heavy atom. The van der Waals surface area contributed by atoms with Gasteiger partial charge in [0.25, 0.3) is 0 Å². The Balaban J connectivity index is 2.65. The molecule has 0 saturated carbocycles. The SMILES string of the molecule is COC(=O)c1nsc(-c2cc(C(C)C)c(OC)cc2OC)c1I. The van der Waals surface area contributed by atoms with E-state index in [1.165, 1.54) is 18.6 Å². The summed E-state index contributed by atoms with van der Waals surface area (Å²) in [5, 5.41) is 0. The van der Waals surface area contributed by atoms with Crippen LogP contribution < -0.4 is 9.47 Å². The molecule has 7 heteroatoms. The summed E-state index contributed by atoms with van der Waals surface area (Å²) >= 11 is 3.38. The van der Waals surface area contributed by atoms with Crippen LogP contribution in [0.1, 0.15) is 35.8 Å². The van der Waals surface area contributed by atoms with Crippen molar-refractivity contribution in [1.29, 1.82) is 0 Å². The number of aromatic nitrogens is 1. The van der Waals surface area contributed by atoms with E-state index in [2.05, 4.69) is 40.8 Å². The molecule has 0 amide bonds. The van der Waals surface area contributed by atoms with Gasteiger partial charge in [0.15, 0.2) is 5.69 Å². The summed E-state index contributed by atoms with van der Waals surface area (Å²) in [7, 11) is 4.61. The maximum absolute atomic E-state index is 11.8. The van der Waals surface area contributed by atoms with Gasteiger partial charge >= 0.3 is 5.97 Å². The fourth-order valence-corrected chi connectivity index (χ4v) is 4.10. The fraction of sp³-hybridized carbons (Fsp3) is 0.375. The van der Waals surface area contributed by atoms with E-state index in [1.54, 1.807) is 14.2 Å². The van der Waals surface area contributed by atoms with Crippen LogP contribution in [0, 0.1) is 3.57 Å². The van der Waals surface area contributed by atoms with Gasteiger partial charge in [-0.05, 0) is 51.7 Å². The summed E-state index contributed by atoms with van der Waals surface area (Å²) in [6, 6.07) is 3.91. The number of hydrogen-bond donors (Lipinski definition) is 0. The van der Waals surface area contributed by atoms with Gasteiger partial charge in [0.05, 0.1) is 29.8 Å². The van der Waals surface area contributed by atoms with Gasteiger partial charge in [0.2, 0.25) is 0 Å². The number of benzene rings is 1. The first-order chi connectivity index (χ1) is 10.9. The molecule has 0 N–H and O–H groups in total. The number of hydrogen-bond acceptors (Lipinski definition) is 6. The lowest BCUT2D eigenvalue weighted by Gasteiger charge is -2.16. The average Bonchev–Trinajstić information content (AvgIpc) is 2.93. The van der Waals surface area contributed by atoms with Gasteiger partial charge in [-0.25, -0.2) is 4.79 Å². The Morgan fingerprint density at radius 1 is 1.17 bits per heavy atom. The second-order valence-corrected chi connectivity index (χ2v) is 6.97. The van der Waals surface area contributed by atoms with Crippen molar-refractivity contribution in [2.75, 3.05) is 21.3 Å². The maximum atomic E-state index is 11.8. The van der Waals surface area contributed by atoms with Gasteiger partial charge < -0.3 is 14.2 Å². The Hall–Kier alpha value is -1.35. The van der Waals surface area contributed by atoms with Crippen molar-refractivity contribution >= 4 is 40.1 Å². The lowest BCUT2D eigenvalue weighted by molar-refractivity contribution is 0.0594. The summed E-state index contributed by atoms with van der Waals surface area (Å²) in [6.07, 6.45) is 0. The molecule has 5 nitrogen and oxygen atoms in total. The summed E-state index contributed by atoms with van der Waals surface area (Å²) < 4.78 is 20.7. The summed E-state index contributed by atoms with van der Waals surface area (Å²) in [6.45, 7) is 4.21. The van der Waals surface area contributed by atoms with Crippen molar-refractivity contribution in [2.24, 2.45) is 0 Å². The van der Waals surface area contributed by atoms with Crippen molar-refractivity contribution < 1.29 is 19.0 Å². The highest BCUT2D eigenvalue weighted by atomic mass is 127. The Labute approximate surface area is 153 Å². The van der Waals surface area contributed by atoms with Crippen LogP contribution in [0.25, 0.3) is 10.4 Å². The third kappa shape index (κ3) is 3.45. The minimum absolute atomic E-state index is 0.292. The molecule has 0 bridgehead atoms. The van der Waals surface area contributed by atoms with Crippen molar-refractivity contribution in [2.45, 2.75) is 19.8 Å². The van der Waals surface area contributed by atoms with Gasteiger partial charge in [-0.1, -0.05) is 13.8 Å². The predicted octanol–water partition coefficient (Wildman–Crippen LogP) is 4.34. The van der Waals surface area contributed by atoms with E-state index >= 15 is 0 Å². The smallest absolute Gasteiger partial charge is 0.358 e. The second-order valence-electron chi connectivity index (χ2n) is 5.12. The molecule has 0 aliphatic carbocycles. The topological polar surface area (TPSA) is 57.7 Å². The highest BCUT2D eigenvalue weighted by Gasteiger charge is 2.23. The van der Waals surface area contributed by atoms with E-state index in [1.807, 2.05) is 12.1 Å². The zero-order valence-electron chi connectivity index (χ0n) is 13.6. The molecule has 0 saturated heterocycles. The van der Waals surface area contributed by atoms with E-state index in [9.17, 15) is 4.79 Å². The normalized spacial score (nSPS) is 10.7. The minimum atomic E-state index is -0.437. The predicted molar refractivity (Wildman–Crippen MR) is 98.8 cm³/mol. The molecule has 0 atom stereocenters. The van der Waals surface area contributed by atoms with Crippen LogP contribution in [0.3, 0.4) is 0 Å². The number of ether oxygens (including phenoxy) is 3. The van der Waals surface area contributed by atoms with Gasteiger partial charge in [-0.2, -0.15) is 4.37 Å². The molecule has 0 spiro atoms. The molecule has 1 aromatic heterocycles. The monoisotopic (exact) mass is 447 g/mol. The highest BCUT2D eigenvalue weighted by molar-refractivity contribution is 14.1. The largest absolute Gasteiger partial charge is 0.496 e. The van der Waals surface area contributed by atoms with Gasteiger partial charge in [-0.3, -0.25) is 0 Å². The minimum Gasteiger partial charge on any atom is -0.496 e. The van der Waals surface area contributed by atoms with Crippen molar-refractivity contribution in [3.63, 3.8) is 0 Å². The fourth-order valence-electron chi connectivity index (χ4n) is 2.22. The summed E-state index contributed by atoms with van der Waals surface area (Å²) in [4.78, 5) is 12.7. The van der Waals surface area contributed by atoms with Crippen molar-refractivity contribution in [1.82, 2.24) is 4.37 Å². The van der Waals surface area contributed by atoms with E-state index in [0.717, 1.165) is 25.3 Å². The Bertz CT molecular complexity index is 727. The number of methoxy groups -OCH3 is 3. The van der Waals surface area contributed by atoms with Crippen LogP contribution in [0.5, 0.6) is 11.5 Å². The number of esters is 1. The lowest BCUT2D eigenvalue weighted by Crippen LogP contribution is -2.03. The molecule has 0 fully saturated rings. The third-order valence-corrected chi connectivity index (χ3v) is 5.73. The average molecular weight is 447 g/mol. The van der Waals surface area contributed by atoms with Crippen LogP contribution in [0.2, 0.25) is 0 Å². The van der Waals surface area contributed by atoms with Gasteiger partial charge in [-0.15, -0.1) is 0 Å². The highest BCUT2D eigenvalue weighted by Crippen LogP contribution is 2.42. The lowest BCUT2D eigenvalue weighted by atomic mass is 9.98. The standard InChI is InChI=1S/C16H18INO4S/c1-8(2)9-6-10(12(21-4)7-11(9)20-3)15-13(17)14(18-23-15)16(19)22-5/h6-8H,1-5H3. The molecule has 23 heavy (non-hydrogen) atoms. The molecule has 1 heterocycles. The van der Waals surface area contributed by atoms with E-state index in [-0.39, 0.29) is 0 Å². The van der Waals surface area contributed by atoms with E-state index < -0.39 is 5.97 Å². The number of rotatable bonds is 5. The Morgan fingerprint density at radius 3 is 2.35 bits per heavy atom. The van der Waals surface area contributed by atoms with E-state index in [4.69, 9.17) is 14.2 Å². The van der Waals surface area contributed by atoms with Gasteiger partial charge in [0.1, 0.15) is 11.5 Å². The quantitative estimate of drug-likeness (QED) is 0.504. The van der Waals surface area contributed by atoms with Crippen molar-refractivity contribution in [3.05, 3.63) is 27.0 Å². The molecule has 0 aliphatic heterocycles.